The minimum Gasteiger partial charge on any atom is -0.317 e. The van der Waals surface area contributed by atoms with E-state index in [2.05, 4.69) is 33.0 Å². The van der Waals surface area contributed by atoms with Gasteiger partial charge in [0.1, 0.15) is 0 Å². The Morgan fingerprint density at radius 2 is 0.913 bits per heavy atom. The van der Waals surface area contributed by atoms with Gasteiger partial charge in [0, 0.05) is 0 Å². The molecule has 0 saturated carbocycles. The van der Waals surface area contributed by atoms with Gasteiger partial charge in [-0.1, -0.05) is 91.9 Å². The number of nitrogens with one attached hydrogen (secondary N) is 1. The highest BCUT2D eigenvalue weighted by molar-refractivity contribution is 4.62. The lowest BCUT2D eigenvalue weighted by Gasteiger charge is -2.16. The van der Waals surface area contributed by atoms with Crippen LogP contribution >= 0.6 is 0 Å². The van der Waals surface area contributed by atoms with Crippen LogP contribution in [-0.2, 0) is 0 Å². The van der Waals surface area contributed by atoms with E-state index in [0.29, 0.717) is 0 Å². The van der Waals surface area contributed by atoms with Crippen LogP contribution in [0.4, 0.5) is 0 Å². The Bertz CT molecular complexity index is 192. The number of hydrogen-bond acceptors (Lipinski definition) is 1. The van der Waals surface area contributed by atoms with E-state index in [0.717, 1.165) is 11.8 Å². The Balaban J connectivity index is 3.45. The molecule has 0 aromatic heterocycles. The van der Waals surface area contributed by atoms with Crippen molar-refractivity contribution in [2.75, 3.05) is 13.1 Å². The summed E-state index contributed by atoms with van der Waals surface area (Å²) in [6, 6.07) is 0. The van der Waals surface area contributed by atoms with Gasteiger partial charge >= 0.3 is 0 Å². The van der Waals surface area contributed by atoms with Gasteiger partial charge in [0.2, 0.25) is 0 Å². The van der Waals surface area contributed by atoms with Crippen LogP contribution in [0.15, 0.2) is 0 Å². The molecule has 0 amide bonds. The predicted octanol–water partition coefficient (Wildman–Crippen LogP) is 7.35. The van der Waals surface area contributed by atoms with Crippen LogP contribution in [0.2, 0.25) is 0 Å². The highest BCUT2D eigenvalue weighted by atomic mass is 14.8. The first kappa shape index (κ1) is 23.0. The van der Waals surface area contributed by atoms with Crippen molar-refractivity contribution in [1.82, 2.24) is 5.32 Å². The molecule has 2 unspecified atom stereocenters. The Kier molecular flexibility index (Phi) is 18.3. The Labute approximate surface area is 148 Å². The SMILES string of the molecule is CCCCCC(CC)CCCNCCCC(CC)CCCCC. The van der Waals surface area contributed by atoms with Crippen molar-refractivity contribution >= 4 is 0 Å². The average molecular weight is 326 g/mol. The van der Waals surface area contributed by atoms with Crippen molar-refractivity contribution in [3.63, 3.8) is 0 Å². The summed E-state index contributed by atoms with van der Waals surface area (Å²) >= 11 is 0. The molecule has 1 nitrogen and oxygen atoms in total. The maximum Gasteiger partial charge on any atom is -0.00488 e. The fourth-order valence-corrected chi connectivity index (χ4v) is 3.63. The van der Waals surface area contributed by atoms with E-state index in [1.165, 1.54) is 103 Å². The fourth-order valence-electron chi connectivity index (χ4n) is 3.63. The molecule has 1 N–H and O–H groups in total. The third-order valence-corrected chi connectivity index (χ3v) is 5.52. The van der Waals surface area contributed by atoms with E-state index in [1.54, 1.807) is 0 Å². The van der Waals surface area contributed by atoms with Crippen LogP contribution in [0.1, 0.15) is 118 Å². The highest BCUT2D eigenvalue weighted by Crippen LogP contribution is 2.19. The van der Waals surface area contributed by atoms with Crippen LogP contribution in [0, 0.1) is 11.8 Å². The standard InChI is InChI=1S/C22H47N/c1-5-9-11-15-21(7-3)17-13-19-23-20-14-18-22(8-4)16-12-10-6-2/h21-23H,5-20H2,1-4H3. The molecule has 1 heteroatoms. The molecule has 0 saturated heterocycles. The molecular weight excluding hydrogens is 278 g/mol. The Morgan fingerprint density at radius 1 is 0.522 bits per heavy atom. The number of hydrogen-bond donors (Lipinski definition) is 1. The molecule has 0 aliphatic rings. The van der Waals surface area contributed by atoms with Crippen LogP contribution in [0.5, 0.6) is 0 Å². The maximum atomic E-state index is 3.68. The van der Waals surface area contributed by atoms with Crippen molar-refractivity contribution in [2.24, 2.45) is 11.8 Å². The number of rotatable bonds is 18. The minimum absolute atomic E-state index is 0.978. The largest absolute Gasteiger partial charge is 0.317 e. The van der Waals surface area contributed by atoms with Gasteiger partial charge < -0.3 is 5.32 Å². The minimum atomic E-state index is 0.978. The highest BCUT2D eigenvalue weighted by Gasteiger charge is 2.07. The second kappa shape index (κ2) is 18.3. The zero-order chi connectivity index (χ0) is 17.2. The third kappa shape index (κ3) is 15.2. The molecule has 0 spiro atoms. The Morgan fingerprint density at radius 3 is 1.26 bits per heavy atom. The van der Waals surface area contributed by atoms with Gasteiger partial charge in [-0.05, 0) is 50.6 Å². The first-order valence-electron chi connectivity index (χ1n) is 11.0. The van der Waals surface area contributed by atoms with E-state index in [1.807, 2.05) is 0 Å². The zero-order valence-electron chi connectivity index (χ0n) is 17.0. The molecule has 0 aromatic carbocycles. The summed E-state index contributed by atoms with van der Waals surface area (Å²) in [5.74, 6) is 1.96. The first-order chi connectivity index (χ1) is 11.3. The monoisotopic (exact) mass is 325 g/mol. The quantitative estimate of drug-likeness (QED) is 0.260. The molecule has 0 radical (unpaired) electrons. The van der Waals surface area contributed by atoms with Crippen molar-refractivity contribution < 1.29 is 0 Å². The first-order valence-corrected chi connectivity index (χ1v) is 11.0. The topological polar surface area (TPSA) is 12.0 Å². The average Bonchev–Trinajstić information content (AvgIpc) is 2.57. The van der Waals surface area contributed by atoms with E-state index in [9.17, 15) is 0 Å². The summed E-state index contributed by atoms with van der Waals surface area (Å²) in [5.41, 5.74) is 0. The van der Waals surface area contributed by atoms with Crippen LogP contribution < -0.4 is 5.32 Å². The molecule has 0 aliphatic carbocycles. The normalized spacial score (nSPS) is 14.1. The molecule has 2 atom stereocenters. The lowest BCUT2D eigenvalue weighted by molar-refractivity contribution is 0.388. The second-order valence-corrected chi connectivity index (χ2v) is 7.57. The lowest BCUT2D eigenvalue weighted by Crippen LogP contribution is -2.18. The smallest absolute Gasteiger partial charge is 0.00488 e. The van der Waals surface area contributed by atoms with E-state index < -0.39 is 0 Å². The second-order valence-electron chi connectivity index (χ2n) is 7.57. The summed E-state index contributed by atoms with van der Waals surface area (Å²) in [6.07, 6.45) is 19.7. The molecule has 140 valence electrons. The molecule has 0 aliphatic heterocycles. The van der Waals surface area contributed by atoms with Gasteiger partial charge in [-0.2, -0.15) is 0 Å². The predicted molar refractivity (Wildman–Crippen MR) is 107 cm³/mol. The summed E-state index contributed by atoms with van der Waals surface area (Å²) in [6.45, 7) is 11.8. The zero-order valence-corrected chi connectivity index (χ0v) is 17.0. The van der Waals surface area contributed by atoms with Crippen LogP contribution in [-0.4, -0.2) is 13.1 Å². The molecule has 0 fully saturated rings. The van der Waals surface area contributed by atoms with E-state index >= 15 is 0 Å². The van der Waals surface area contributed by atoms with E-state index in [-0.39, 0.29) is 0 Å². The third-order valence-electron chi connectivity index (χ3n) is 5.52. The summed E-state index contributed by atoms with van der Waals surface area (Å²) in [5, 5.41) is 3.68. The summed E-state index contributed by atoms with van der Waals surface area (Å²) in [4.78, 5) is 0. The van der Waals surface area contributed by atoms with Crippen LogP contribution in [0.25, 0.3) is 0 Å². The molecular formula is C22H47N. The van der Waals surface area contributed by atoms with Crippen molar-refractivity contribution in [2.45, 2.75) is 118 Å². The fraction of sp³-hybridized carbons (Fsp3) is 1.00. The van der Waals surface area contributed by atoms with Gasteiger partial charge in [0.15, 0.2) is 0 Å². The van der Waals surface area contributed by atoms with Crippen molar-refractivity contribution in [3.8, 4) is 0 Å². The maximum absolute atomic E-state index is 3.68. The molecule has 0 bridgehead atoms. The lowest BCUT2D eigenvalue weighted by atomic mass is 9.93. The Hall–Kier alpha value is -0.0400. The molecule has 0 rings (SSSR count). The van der Waals surface area contributed by atoms with Crippen LogP contribution in [0.3, 0.4) is 0 Å². The molecule has 0 heterocycles. The summed E-state index contributed by atoms with van der Waals surface area (Å²) < 4.78 is 0. The van der Waals surface area contributed by atoms with Crippen molar-refractivity contribution in [1.29, 1.82) is 0 Å². The van der Waals surface area contributed by atoms with Gasteiger partial charge in [-0.15, -0.1) is 0 Å². The number of unbranched alkanes of at least 4 members (excludes halogenated alkanes) is 4. The van der Waals surface area contributed by atoms with E-state index in [4.69, 9.17) is 0 Å². The molecule has 23 heavy (non-hydrogen) atoms. The van der Waals surface area contributed by atoms with Crippen molar-refractivity contribution in [3.05, 3.63) is 0 Å². The van der Waals surface area contributed by atoms with Gasteiger partial charge in [-0.3, -0.25) is 0 Å². The van der Waals surface area contributed by atoms with Gasteiger partial charge in [-0.25, -0.2) is 0 Å². The van der Waals surface area contributed by atoms with Gasteiger partial charge in [0.05, 0.1) is 0 Å². The van der Waals surface area contributed by atoms with Gasteiger partial charge in [0.25, 0.3) is 0 Å². The molecule has 0 aromatic rings. The summed E-state index contributed by atoms with van der Waals surface area (Å²) in [7, 11) is 0.